The molecule has 0 unspecified atom stereocenters. The van der Waals surface area contributed by atoms with E-state index in [1.165, 1.54) is 70.6 Å². The van der Waals surface area contributed by atoms with E-state index in [9.17, 15) is 4.79 Å². The molecule has 0 atom stereocenters. The molecular formula is C25H51NO5. The van der Waals surface area contributed by atoms with Crippen molar-refractivity contribution in [1.82, 2.24) is 5.32 Å². The van der Waals surface area contributed by atoms with Gasteiger partial charge in [-0.05, 0) is 27.2 Å². The predicted molar refractivity (Wildman–Crippen MR) is 128 cm³/mol. The van der Waals surface area contributed by atoms with Gasteiger partial charge in [0, 0.05) is 13.2 Å². The van der Waals surface area contributed by atoms with E-state index in [0.29, 0.717) is 39.6 Å². The lowest BCUT2D eigenvalue weighted by atomic mass is 10.1. The van der Waals surface area contributed by atoms with Gasteiger partial charge in [-0.25, -0.2) is 4.79 Å². The molecule has 6 heteroatoms. The van der Waals surface area contributed by atoms with Crippen molar-refractivity contribution in [2.45, 2.75) is 110 Å². The highest BCUT2D eigenvalue weighted by molar-refractivity contribution is 5.67. The zero-order chi connectivity index (χ0) is 23.0. The second-order valence-electron chi connectivity index (χ2n) is 9.15. The van der Waals surface area contributed by atoms with Gasteiger partial charge in [-0.15, -0.1) is 0 Å². The van der Waals surface area contributed by atoms with Crippen LogP contribution in [-0.4, -0.2) is 57.9 Å². The van der Waals surface area contributed by atoms with Crippen LogP contribution >= 0.6 is 0 Å². The van der Waals surface area contributed by atoms with Crippen molar-refractivity contribution in [1.29, 1.82) is 0 Å². The Balaban J connectivity index is 3.10. The summed E-state index contributed by atoms with van der Waals surface area (Å²) in [5.74, 6) is 0. The molecule has 1 amide bonds. The minimum atomic E-state index is -0.478. The number of alkyl carbamates (subject to hydrolysis) is 1. The summed E-state index contributed by atoms with van der Waals surface area (Å²) < 4.78 is 21.6. The topological polar surface area (TPSA) is 66.0 Å². The van der Waals surface area contributed by atoms with Crippen molar-refractivity contribution in [3.63, 3.8) is 0 Å². The van der Waals surface area contributed by atoms with Crippen LogP contribution in [0, 0.1) is 0 Å². The molecule has 1 N–H and O–H groups in total. The van der Waals surface area contributed by atoms with Gasteiger partial charge in [0.25, 0.3) is 0 Å². The smallest absolute Gasteiger partial charge is 0.407 e. The fraction of sp³-hybridized carbons (Fsp3) is 0.960. The summed E-state index contributed by atoms with van der Waals surface area (Å²) in [4.78, 5) is 11.4. The van der Waals surface area contributed by atoms with Gasteiger partial charge in [0.05, 0.1) is 33.0 Å². The fourth-order valence-electron chi connectivity index (χ4n) is 3.13. The molecule has 0 bridgehead atoms. The lowest BCUT2D eigenvalue weighted by molar-refractivity contribution is 0.0133. The first-order valence-electron chi connectivity index (χ1n) is 12.7. The van der Waals surface area contributed by atoms with Crippen LogP contribution in [0.1, 0.15) is 105 Å². The van der Waals surface area contributed by atoms with Crippen LogP contribution in [0.25, 0.3) is 0 Å². The second-order valence-corrected chi connectivity index (χ2v) is 9.15. The SMILES string of the molecule is CCCCCCCCCCCCCCOCCOCCOCCNC(=O)OC(C)(C)C. The zero-order valence-electron chi connectivity index (χ0n) is 21.0. The van der Waals surface area contributed by atoms with Gasteiger partial charge in [0.1, 0.15) is 5.60 Å². The van der Waals surface area contributed by atoms with E-state index in [1.54, 1.807) is 0 Å². The third-order valence-electron chi connectivity index (χ3n) is 4.80. The lowest BCUT2D eigenvalue weighted by Gasteiger charge is -2.19. The molecule has 0 aromatic rings. The van der Waals surface area contributed by atoms with Crippen LogP contribution in [0.4, 0.5) is 4.79 Å². The van der Waals surface area contributed by atoms with Gasteiger partial charge in [-0.2, -0.15) is 0 Å². The molecule has 0 aliphatic rings. The molecular weight excluding hydrogens is 394 g/mol. The number of rotatable bonds is 22. The first kappa shape index (κ1) is 30.1. The number of amides is 1. The molecule has 186 valence electrons. The van der Waals surface area contributed by atoms with Crippen LogP contribution in [-0.2, 0) is 18.9 Å². The minimum absolute atomic E-state index is 0.419. The number of hydrogen-bond donors (Lipinski definition) is 1. The average molecular weight is 446 g/mol. The standard InChI is InChI=1S/C25H51NO5/c1-5-6-7-8-9-10-11-12-13-14-15-16-18-28-20-22-30-23-21-29-19-17-26-24(27)31-25(2,3)4/h5-23H2,1-4H3,(H,26,27). The molecule has 0 aromatic heterocycles. The van der Waals surface area contributed by atoms with Crippen LogP contribution in [0.3, 0.4) is 0 Å². The summed E-state index contributed by atoms with van der Waals surface area (Å²) in [5.41, 5.74) is -0.478. The Morgan fingerprint density at radius 2 is 1.03 bits per heavy atom. The largest absolute Gasteiger partial charge is 0.444 e. The number of carbonyl (C=O) groups is 1. The summed E-state index contributed by atoms with van der Waals surface area (Å²) in [7, 11) is 0. The Hall–Kier alpha value is -0.850. The molecule has 0 heterocycles. The summed E-state index contributed by atoms with van der Waals surface area (Å²) >= 11 is 0. The van der Waals surface area contributed by atoms with Crippen molar-refractivity contribution in [2.75, 3.05) is 46.2 Å². The van der Waals surface area contributed by atoms with Gasteiger partial charge < -0.3 is 24.3 Å². The molecule has 0 rings (SSSR count). The van der Waals surface area contributed by atoms with Crippen LogP contribution < -0.4 is 5.32 Å². The van der Waals surface area contributed by atoms with Crippen LogP contribution in [0.2, 0.25) is 0 Å². The number of ether oxygens (including phenoxy) is 4. The minimum Gasteiger partial charge on any atom is -0.444 e. The van der Waals surface area contributed by atoms with E-state index in [1.807, 2.05) is 20.8 Å². The van der Waals surface area contributed by atoms with E-state index < -0.39 is 11.7 Å². The Kier molecular flexibility index (Phi) is 21.7. The van der Waals surface area contributed by atoms with Crippen LogP contribution in [0.5, 0.6) is 0 Å². The van der Waals surface area contributed by atoms with Crippen molar-refractivity contribution in [3.05, 3.63) is 0 Å². The Bertz CT molecular complexity index is 385. The number of unbranched alkanes of at least 4 members (excludes halogenated alkanes) is 11. The van der Waals surface area contributed by atoms with Gasteiger partial charge in [-0.3, -0.25) is 0 Å². The number of hydrogen-bond acceptors (Lipinski definition) is 5. The third-order valence-corrected chi connectivity index (χ3v) is 4.80. The number of carbonyl (C=O) groups excluding carboxylic acids is 1. The summed E-state index contributed by atoms with van der Waals surface area (Å²) in [6.07, 6.45) is 15.9. The molecule has 0 spiro atoms. The maximum absolute atomic E-state index is 11.4. The molecule has 31 heavy (non-hydrogen) atoms. The molecule has 0 aliphatic heterocycles. The maximum atomic E-state index is 11.4. The highest BCUT2D eigenvalue weighted by Crippen LogP contribution is 2.12. The zero-order valence-corrected chi connectivity index (χ0v) is 21.0. The fourth-order valence-corrected chi connectivity index (χ4v) is 3.13. The van der Waals surface area contributed by atoms with E-state index in [-0.39, 0.29) is 0 Å². The second kappa shape index (κ2) is 22.3. The third kappa shape index (κ3) is 27.1. The van der Waals surface area contributed by atoms with E-state index in [2.05, 4.69) is 12.2 Å². The van der Waals surface area contributed by atoms with Crippen molar-refractivity contribution in [2.24, 2.45) is 0 Å². The molecule has 0 fully saturated rings. The highest BCUT2D eigenvalue weighted by atomic mass is 16.6. The maximum Gasteiger partial charge on any atom is 0.407 e. The Morgan fingerprint density at radius 1 is 0.613 bits per heavy atom. The molecule has 0 aliphatic carbocycles. The quantitative estimate of drug-likeness (QED) is 0.199. The summed E-state index contributed by atoms with van der Waals surface area (Å²) in [6, 6.07) is 0. The summed E-state index contributed by atoms with van der Waals surface area (Å²) in [5, 5.41) is 2.65. The van der Waals surface area contributed by atoms with E-state index in [0.717, 1.165) is 13.0 Å². The van der Waals surface area contributed by atoms with Crippen LogP contribution in [0.15, 0.2) is 0 Å². The molecule has 0 saturated carbocycles. The average Bonchev–Trinajstić information content (AvgIpc) is 2.70. The van der Waals surface area contributed by atoms with Gasteiger partial charge in [0.2, 0.25) is 0 Å². The molecule has 0 saturated heterocycles. The molecule has 0 aromatic carbocycles. The Morgan fingerprint density at radius 3 is 1.52 bits per heavy atom. The van der Waals surface area contributed by atoms with Crippen molar-refractivity contribution in [3.8, 4) is 0 Å². The summed E-state index contributed by atoms with van der Waals surface area (Å²) in [6.45, 7) is 11.8. The highest BCUT2D eigenvalue weighted by Gasteiger charge is 2.15. The normalized spacial score (nSPS) is 11.6. The monoisotopic (exact) mass is 445 g/mol. The van der Waals surface area contributed by atoms with Gasteiger partial charge >= 0.3 is 6.09 Å². The first-order chi connectivity index (χ1) is 15.0. The van der Waals surface area contributed by atoms with E-state index >= 15 is 0 Å². The lowest BCUT2D eigenvalue weighted by Crippen LogP contribution is -2.34. The van der Waals surface area contributed by atoms with Gasteiger partial charge in [-0.1, -0.05) is 77.6 Å². The van der Waals surface area contributed by atoms with Crippen molar-refractivity contribution < 1.29 is 23.7 Å². The predicted octanol–water partition coefficient (Wildman–Crippen LogP) is 6.26. The van der Waals surface area contributed by atoms with E-state index in [4.69, 9.17) is 18.9 Å². The Labute approximate surface area is 192 Å². The number of nitrogens with one attached hydrogen (secondary N) is 1. The van der Waals surface area contributed by atoms with Gasteiger partial charge in [0.15, 0.2) is 0 Å². The molecule has 6 nitrogen and oxygen atoms in total. The van der Waals surface area contributed by atoms with Crippen molar-refractivity contribution >= 4 is 6.09 Å². The molecule has 0 radical (unpaired) electrons. The first-order valence-corrected chi connectivity index (χ1v) is 12.7.